The smallest absolute Gasteiger partial charge is 0.265 e. The van der Waals surface area contributed by atoms with Crippen LogP contribution < -0.4 is 4.74 Å². The molecule has 2 heterocycles. The molecule has 0 amide bonds. The molecule has 0 aliphatic rings. The third kappa shape index (κ3) is 2.59. The van der Waals surface area contributed by atoms with Crippen LogP contribution in [0.1, 0.15) is 0 Å². The second kappa shape index (κ2) is 5.41. The van der Waals surface area contributed by atoms with Gasteiger partial charge in [0.2, 0.25) is 5.65 Å². The summed E-state index contributed by atoms with van der Waals surface area (Å²) >= 11 is 21.2. The molecule has 4 nitrogen and oxygen atoms in total. The Hall–Kier alpha value is -1.01. The van der Waals surface area contributed by atoms with E-state index in [1.54, 1.807) is 23.0 Å². The number of benzene rings is 1. The quantitative estimate of drug-likeness (QED) is 0.559. The van der Waals surface area contributed by atoms with Gasteiger partial charge in [0.05, 0.1) is 15.1 Å². The highest BCUT2D eigenvalue weighted by molar-refractivity contribution is 9.10. The van der Waals surface area contributed by atoms with E-state index < -0.39 is 0 Å². The highest BCUT2D eigenvalue weighted by Crippen LogP contribution is 2.36. The van der Waals surface area contributed by atoms with Gasteiger partial charge in [-0.2, -0.15) is 0 Å². The van der Waals surface area contributed by atoms with Gasteiger partial charge in [0.25, 0.3) is 5.88 Å². The van der Waals surface area contributed by atoms with Gasteiger partial charge in [-0.05, 0) is 22.0 Å². The number of fused-ring (bicyclic) bond motifs is 1. The molecular formula is C12H5BrCl3N3O. The van der Waals surface area contributed by atoms with E-state index >= 15 is 0 Å². The monoisotopic (exact) mass is 391 g/mol. The standard InChI is InChI=1S/C12H5BrCl3N3O/c13-10-5-19-2-1-17-11(19)12(18-10)20-9-4-7(15)6(14)3-8(9)16/h1-5H. The number of imidazole rings is 1. The summed E-state index contributed by atoms with van der Waals surface area (Å²) in [6.07, 6.45) is 5.20. The van der Waals surface area contributed by atoms with Crippen LogP contribution in [-0.4, -0.2) is 14.4 Å². The van der Waals surface area contributed by atoms with Crippen molar-refractivity contribution < 1.29 is 4.74 Å². The van der Waals surface area contributed by atoms with Crippen LogP contribution in [0.5, 0.6) is 11.6 Å². The highest BCUT2D eigenvalue weighted by Gasteiger charge is 2.13. The topological polar surface area (TPSA) is 39.4 Å². The molecule has 20 heavy (non-hydrogen) atoms. The highest BCUT2D eigenvalue weighted by atomic mass is 79.9. The van der Waals surface area contributed by atoms with Gasteiger partial charge in [-0.3, -0.25) is 4.40 Å². The van der Waals surface area contributed by atoms with Crippen LogP contribution in [-0.2, 0) is 0 Å². The van der Waals surface area contributed by atoms with Crippen molar-refractivity contribution in [1.82, 2.24) is 14.4 Å². The molecule has 2 aromatic heterocycles. The molecule has 3 aromatic rings. The van der Waals surface area contributed by atoms with Crippen molar-refractivity contribution in [3.63, 3.8) is 0 Å². The molecule has 0 aliphatic heterocycles. The van der Waals surface area contributed by atoms with Crippen molar-refractivity contribution in [1.29, 1.82) is 0 Å². The zero-order valence-corrected chi connectivity index (χ0v) is 13.5. The van der Waals surface area contributed by atoms with E-state index in [0.717, 1.165) is 0 Å². The molecule has 0 saturated carbocycles. The van der Waals surface area contributed by atoms with E-state index in [0.29, 0.717) is 36.9 Å². The second-order valence-corrected chi connectivity index (χ2v) is 5.86. The summed E-state index contributed by atoms with van der Waals surface area (Å²) in [6.45, 7) is 0. The largest absolute Gasteiger partial charge is 0.434 e. The van der Waals surface area contributed by atoms with Gasteiger partial charge >= 0.3 is 0 Å². The van der Waals surface area contributed by atoms with E-state index in [4.69, 9.17) is 39.5 Å². The Morgan fingerprint density at radius 1 is 1.10 bits per heavy atom. The van der Waals surface area contributed by atoms with Crippen molar-refractivity contribution in [2.75, 3.05) is 0 Å². The summed E-state index contributed by atoms with van der Waals surface area (Å²) < 4.78 is 8.08. The van der Waals surface area contributed by atoms with Crippen molar-refractivity contribution >= 4 is 56.4 Å². The molecule has 8 heteroatoms. The summed E-state index contributed by atoms with van der Waals surface area (Å²) in [7, 11) is 0. The molecular weight excluding hydrogens is 388 g/mol. The second-order valence-electron chi connectivity index (χ2n) is 3.83. The van der Waals surface area contributed by atoms with Gasteiger partial charge in [-0.15, -0.1) is 0 Å². The maximum atomic E-state index is 6.08. The first-order valence-corrected chi connectivity index (χ1v) is 7.29. The fourth-order valence-corrected chi connectivity index (χ4v) is 2.59. The number of halogens is 4. The number of rotatable bonds is 2. The van der Waals surface area contributed by atoms with Gasteiger partial charge in [0.1, 0.15) is 10.4 Å². The first kappa shape index (κ1) is 13.9. The van der Waals surface area contributed by atoms with Crippen molar-refractivity contribution in [2.45, 2.75) is 0 Å². The lowest BCUT2D eigenvalue weighted by atomic mass is 10.3. The number of hydrogen-bond acceptors (Lipinski definition) is 3. The van der Waals surface area contributed by atoms with E-state index in [1.165, 1.54) is 12.1 Å². The molecule has 0 spiro atoms. The summed E-state index contributed by atoms with van der Waals surface area (Å²) in [5.41, 5.74) is 0.565. The van der Waals surface area contributed by atoms with Crippen LogP contribution in [0.4, 0.5) is 0 Å². The third-order valence-electron chi connectivity index (χ3n) is 2.50. The molecule has 1 aromatic carbocycles. The number of hydrogen-bond donors (Lipinski definition) is 0. The third-order valence-corrected chi connectivity index (χ3v) is 3.89. The lowest BCUT2D eigenvalue weighted by Gasteiger charge is -2.09. The zero-order chi connectivity index (χ0) is 14.3. The van der Waals surface area contributed by atoms with Crippen molar-refractivity contribution in [3.05, 3.63) is 50.4 Å². The van der Waals surface area contributed by atoms with Gasteiger partial charge in [-0.1, -0.05) is 34.8 Å². The lowest BCUT2D eigenvalue weighted by molar-refractivity contribution is 0.464. The Morgan fingerprint density at radius 3 is 2.65 bits per heavy atom. The van der Waals surface area contributed by atoms with Crippen LogP contribution in [0, 0.1) is 0 Å². The fraction of sp³-hybridized carbons (Fsp3) is 0. The Balaban J connectivity index is 2.09. The van der Waals surface area contributed by atoms with Gasteiger partial charge < -0.3 is 4.74 Å². The van der Waals surface area contributed by atoms with Gasteiger partial charge in [0, 0.05) is 24.7 Å². The van der Waals surface area contributed by atoms with E-state index in [-0.39, 0.29) is 0 Å². The number of nitrogens with zero attached hydrogens (tertiary/aromatic N) is 3. The normalized spacial score (nSPS) is 11.0. The summed E-state index contributed by atoms with van der Waals surface area (Å²) in [6, 6.07) is 3.05. The number of ether oxygens (including phenoxy) is 1. The molecule has 3 rings (SSSR count). The average molecular weight is 393 g/mol. The predicted molar refractivity (Wildman–Crippen MR) is 82.2 cm³/mol. The molecule has 102 valence electrons. The molecule has 0 aliphatic carbocycles. The van der Waals surface area contributed by atoms with Gasteiger partial charge in [-0.25, -0.2) is 9.97 Å². The minimum atomic E-state index is 0.310. The Bertz CT molecular complexity index is 806. The predicted octanol–water partition coefficient (Wildman–Crippen LogP) is 5.24. The lowest BCUT2D eigenvalue weighted by Crippen LogP contribution is -1.95. The first-order chi connectivity index (χ1) is 9.54. The van der Waals surface area contributed by atoms with Gasteiger partial charge in [0.15, 0.2) is 0 Å². The summed E-state index contributed by atoms with van der Waals surface area (Å²) in [5, 5.41) is 1.04. The maximum Gasteiger partial charge on any atom is 0.265 e. The fourth-order valence-electron chi connectivity index (χ4n) is 1.63. The Morgan fingerprint density at radius 2 is 1.85 bits per heavy atom. The Labute approximate surface area is 137 Å². The van der Waals surface area contributed by atoms with E-state index in [1.807, 2.05) is 0 Å². The first-order valence-electron chi connectivity index (χ1n) is 5.36. The summed E-state index contributed by atoms with van der Waals surface area (Å²) in [5.74, 6) is 0.668. The minimum Gasteiger partial charge on any atom is -0.434 e. The van der Waals surface area contributed by atoms with E-state index in [2.05, 4.69) is 25.9 Å². The maximum absolute atomic E-state index is 6.08. The van der Waals surface area contributed by atoms with E-state index in [9.17, 15) is 0 Å². The molecule has 0 unspecified atom stereocenters. The van der Waals surface area contributed by atoms with Crippen LogP contribution >= 0.6 is 50.7 Å². The Kier molecular flexibility index (Phi) is 3.77. The van der Waals surface area contributed by atoms with Crippen LogP contribution in [0.3, 0.4) is 0 Å². The zero-order valence-electron chi connectivity index (χ0n) is 9.65. The minimum absolute atomic E-state index is 0.310. The van der Waals surface area contributed by atoms with Crippen molar-refractivity contribution in [2.24, 2.45) is 0 Å². The molecule has 0 atom stereocenters. The average Bonchev–Trinajstić information content (AvgIpc) is 2.84. The molecule has 0 radical (unpaired) electrons. The summed E-state index contributed by atoms with van der Waals surface area (Å²) in [4.78, 5) is 8.42. The molecule has 0 bridgehead atoms. The van der Waals surface area contributed by atoms with Crippen LogP contribution in [0.2, 0.25) is 15.1 Å². The van der Waals surface area contributed by atoms with Crippen LogP contribution in [0.25, 0.3) is 5.65 Å². The van der Waals surface area contributed by atoms with Crippen LogP contribution in [0.15, 0.2) is 35.3 Å². The molecule has 0 fully saturated rings. The molecule has 0 N–H and O–H groups in total. The number of aromatic nitrogens is 3. The molecule has 0 saturated heterocycles. The SMILES string of the molecule is Clc1cc(Cl)c(Oc2nc(Br)cn3ccnc23)cc1Cl. The van der Waals surface area contributed by atoms with Crippen molar-refractivity contribution in [3.8, 4) is 11.6 Å².